The van der Waals surface area contributed by atoms with Crippen molar-refractivity contribution in [3.63, 3.8) is 0 Å². The predicted molar refractivity (Wildman–Crippen MR) is 106 cm³/mol. The second-order valence-electron chi connectivity index (χ2n) is 6.06. The van der Waals surface area contributed by atoms with Crippen molar-refractivity contribution in [1.82, 2.24) is 0 Å². The summed E-state index contributed by atoms with van der Waals surface area (Å²) >= 11 is 2.23. The number of rotatable bonds is 5. The van der Waals surface area contributed by atoms with Crippen LogP contribution < -0.4 is 4.74 Å². The molecule has 7 heteroatoms. The van der Waals surface area contributed by atoms with E-state index in [1.807, 2.05) is 12.1 Å². The van der Waals surface area contributed by atoms with Gasteiger partial charge in [0.2, 0.25) is 11.8 Å². The first kappa shape index (κ1) is 19.7. The van der Waals surface area contributed by atoms with Gasteiger partial charge in [0.1, 0.15) is 17.8 Å². The van der Waals surface area contributed by atoms with E-state index in [1.165, 1.54) is 0 Å². The van der Waals surface area contributed by atoms with E-state index >= 15 is 0 Å². The number of hydrogen-bond donors (Lipinski definition) is 0. The lowest BCUT2D eigenvalue weighted by Gasteiger charge is -2.27. The summed E-state index contributed by atoms with van der Waals surface area (Å²) < 4.78 is 17.2. The quantitative estimate of drug-likeness (QED) is 0.502. The van der Waals surface area contributed by atoms with Crippen LogP contribution in [0.1, 0.15) is 29.8 Å². The van der Waals surface area contributed by atoms with E-state index in [0.717, 1.165) is 15.4 Å². The van der Waals surface area contributed by atoms with Gasteiger partial charge in [-0.2, -0.15) is 0 Å². The first-order valence-corrected chi connectivity index (χ1v) is 9.07. The summed E-state index contributed by atoms with van der Waals surface area (Å²) in [5.74, 6) is 2.01. The molecule has 0 aromatic heterocycles. The summed E-state index contributed by atoms with van der Waals surface area (Å²) in [5.41, 5.74) is 1.50. The summed E-state index contributed by atoms with van der Waals surface area (Å²) in [6, 6.07) is 3.26. The lowest BCUT2D eigenvalue weighted by Crippen LogP contribution is -2.38. The minimum Gasteiger partial charge on any atom is -0.496 e. The van der Waals surface area contributed by atoms with Crippen molar-refractivity contribution in [3.8, 4) is 5.75 Å². The highest BCUT2D eigenvalue weighted by molar-refractivity contribution is 14.1. The lowest BCUT2D eigenvalue weighted by molar-refractivity contribution is 0.112. The molecule has 1 aliphatic heterocycles. The molecule has 0 unspecified atom stereocenters. The van der Waals surface area contributed by atoms with Gasteiger partial charge in [0.05, 0.1) is 26.9 Å². The summed E-state index contributed by atoms with van der Waals surface area (Å²) in [4.78, 5) is 20.7. The van der Waals surface area contributed by atoms with E-state index in [2.05, 4.69) is 41.4 Å². The zero-order chi connectivity index (χ0) is 18.6. The Hall–Kier alpha value is -1.64. The minimum atomic E-state index is -0.281. The van der Waals surface area contributed by atoms with Crippen LogP contribution >= 0.6 is 22.6 Å². The number of halogens is 1. The van der Waals surface area contributed by atoms with Crippen molar-refractivity contribution in [3.05, 3.63) is 26.8 Å². The third-order valence-corrected chi connectivity index (χ3v) is 5.08. The number of aliphatic imine (C=N–C) groups is 2. The van der Waals surface area contributed by atoms with E-state index in [9.17, 15) is 4.79 Å². The van der Waals surface area contributed by atoms with Gasteiger partial charge >= 0.3 is 0 Å². The topological polar surface area (TPSA) is 69.5 Å². The van der Waals surface area contributed by atoms with Crippen molar-refractivity contribution in [1.29, 1.82) is 0 Å². The standard InChI is InChI=1S/C18H23IN2O4/c1-10(2)16-18(25-5)20-14(17(21-16)24-4)7-11-6-12(9-22)15(23-3)8-13(11)19/h6,8-10,14,16H,7H2,1-5H3/t14-,16+/m1/s1. The molecule has 1 heterocycles. The molecule has 0 radical (unpaired) electrons. The van der Waals surface area contributed by atoms with Crippen LogP contribution in [0.3, 0.4) is 0 Å². The van der Waals surface area contributed by atoms with Gasteiger partial charge in [-0.1, -0.05) is 13.8 Å². The number of methoxy groups -OCH3 is 3. The predicted octanol–water partition coefficient (Wildman–Crippen LogP) is 3.15. The number of hydrogen-bond acceptors (Lipinski definition) is 6. The maximum absolute atomic E-state index is 11.3. The van der Waals surface area contributed by atoms with Gasteiger partial charge in [0.25, 0.3) is 0 Å². The lowest BCUT2D eigenvalue weighted by atomic mass is 9.99. The average Bonchev–Trinajstić information content (AvgIpc) is 2.62. The van der Waals surface area contributed by atoms with E-state index in [0.29, 0.717) is 29.5 Å². The number of nitrogens with zero attached hydrogens (tertiary/aromatic N) is 2. The molecule has 0 spiro atoms. The van der Waals surface area contributed by atoms with Crippen LogP contribution in [-0.4, -0.2) is 51.5 Å². The smallest absolute Gasteiger partial charge is 0.209 e. The van der Waals surface area contributed by atoms with Gasteiger partial charge in [-0.05, 0) is 46.2 Å². The molecule has 0 saturated carbocycles. The molecule has 0 N–H and O–H groups in total. The van der Waals surface area contributed by atoms with Crippen LogP contribution in [0, 0.1) is 9.49 Å². The molecular formula is C18H23IN2O4. The third-order valence-electron chi connectivity index (χ3n) is 4.08. The normalized spacial score (nSPS) is 20.0. The largest absolute Gasteiger partial charge is 0.496 e. The molecule has 0 fully saturated rings. The first-order chi connectivity index (χ1) is 11.9. The Morgan fingerprint density at radius 3 is 2.32 bits per heavy atom. The highest BCUT2D eigenvalue weighted by atomic mass is 127. The molecule has 0 bridgehead atoms. The minimum absolute atomic E-state index is 0.142. The Kier molecular flexibility index (Phi) is 6.80. The fourth-order valence-electron chi connectivity index (χ4n) is 2.75. The molecule has 1 aliphatic rings. The summed E-state index contributed by atoms with van der Waals surface area (Å²) in [6.45, 7) is 4.14. The van der Waals surface area contributed by atoms with Crippen LogP contribution in [0.2, 0.25) is 0 Å². The van der Waals surface area contributed by atoms with Crippen molar-refractivity contribution in [2.45, 2.75) is 32.4 Å². The maximum Gasteiger partial charge on any atom is 0.209 e. The SMILES string of the molecule is COC1=N[C@H](Cc2cc(C=O)c(OC)cc2I)C(OC)=N[C@H]1C(C)C. The van der Waals surface area contributed by atoms with Gasteiger partial charge in [-0.3, -0.25) is 4.79 Å². The molecule has 0 saturated heterocycles. The number of benzene rings is 1. The van der Waals surface area contributed by atoms with Gasteiger partial charge < -0.3 is 14.2 Å². The van der Waals surface area contributed by atoms with Crippen molar-refractivity contribution < 1.29 is 19.0 Å². The maximum atomic E-state index is 11.3. The van der Waals surface area contributed by atoms with Gasteiger partial charge in [0.15, 0.2) is 6.29 Å². The van der Waals surface area contributed by atoms with E-state index in [-0.39, 0.29) is 18.0 Å². The Morgan fingerprint density at radius 2 is 1.80 bits per heavy atom. The Bertz CT molecular complexity index is 701. The van der Waals surface area contributed by atoms with Crippen molar-refractivity contribution in [2.75, 3.05) is 21.3 Å². The zero-order valence-corrected chi connectivity index (χ0v) is 17.2. The van der Waals surface area contributed by atoms with Crippen molar-refractivity contribution in [2.24, 2.45) is 15.9 Å². The molecular weight excluding hydrogens is 435 g/mol. The van der Waals surface area contributed by atoms with Crippen LogP contribution in [-0.2, 0) is 15.9 Å². The molecule has 2 rings (SSSR count). The van der Waals surface area contributed by atoms with Gasteiger partial charge in [0, 0.05) is 9.99 Å². The summed E-state index contributed by atoms with van der Waals surface area (Å²) in [6.07, 6.45) is 1.36. The van der Waals surface area contributed by atoms with Crippen molar-refractivity contribution >= 4 is 40.7 Å². The molecule has 2 atom stereocenters. The third kappa shape index (κ3) is 4.31. The summed E-state index contributed by atoms with van der Waals surface area (Å²) in [7, 11) is 4.77. The molecule has 25 heavy (non-hydrogen) atoms. The second kappa shape index (κ2) is 8.64. The zero-order valence-electron chi connectivity index (χ0n) is 15.1. The Morgan fingerprint density at radius 1 is 1.12 bits per heavy atom. The van der Waals surface area contributed by atoms with E-state index in [4.69, 9.17) is 19.2 Å². The van der Waals surface area contributed by atoms with E-state index < -0.39 is 0 Å². The highest BCUT2D eigenvalue weighted by Gasteiger charge is 2.31. The fraction of sp³-hybridized carbons (Fsp3) is 0.500. The summed E-state index contributed by atoms with van der Waals surface area (Å²) in [5, 5.41) is 0. The van der Waals surface area contributed by atoms with Crippen LogP contribution in [0.5, 0.6) is 5.75 Å². The molecule has 136 valence electrons. The molecule has 0 amide bonds. The van der Waals surface area contributed by atoms with Crippen LogP contribution in [0.15, 0.2) is 22.1 Å². The van der Waals surface area contributed by atoms with E-state index in [1.54, 1.807) is 21.3 Å². The molecule has 6 nitrogen and oxygen atoms in total. The average molecular weight is 458 g/mol. The Balaban J connectivity index is 2.37. The van der Waals surface area contributed by atoms with Crippen LogP contribution in [0.25, 0.3) is 0 Å². The number of aldehydes is 1. The number of carbonyl (C=O) groups is 1. The Labute approximate surface area is 161 Å². The second-order valence-corrected chi connectivity index (χ2v) is 7.22. The highest BCUT2D eigenvalue weighted by Crippen LogP contribution is 2.27. The van der Waals surface area contributed by atoms with Gasteiger partial charge in [-0.25, -0.2) is 9.98 Å². The van der Waals surface area contributed by atoms with Gasteiger partial charge in [-0.15, -0.1) is 0 Å². The number of ether oxygens (including phenoxy) is 3. The number of carbonyl (C=O) groups excluding carboxylic acids is 1. The molecule has 1 aromatic rings. The monoisotopic (exact) mass is 458 g/mol. The van der Waals surface area contributed by atoms with Crippen LogP contribution in [0.4, 0.5) is 0 Å². The first-order valence-electron chi connectivity index (χ1n) is 8.00. The fourth-order valence-corrected chi connectivity index (χ4v) is 3.40. The molecule has 1 aromatic carbocycles. The molecule has 0 aliphatic carbocycles.